The molecule has 1 N–H and O–H groups in total. The molecule has 130 valence electrons. The molecule has 0 saturated heterocycles. The van der Waals surface area contributed by atoms with Gasteiger partial charge in [-0.3, -0.25) is 14.9 Å². The van der Waals surface area contributed by atoms with Crippen molar-refractivity contribution >= 4 is 17.8 Å². The number of hydrogen-bond donors (Lipinski definition) is 1. The lowest BCUT2D eigenvalue weighted by molar-refractivity contribution is -0.384. The number of nitrogens with one attached hydrogen (secondary N) is 1. The number of ether oxygens (including phenoxy) is 1. The molecule has 0 spiro atoms. The number of hydrogen-bond acceptors (Lipinski definition) is 5. The van der Waals surface area contributed by atoms with Crippen molar-refractivity contribution in [2.75, 3.05) is 6.61 Å². The van der Waals surface area contributed by atoms with Crippen molar-refractivity contribution in [3.05, 3.63) is 68.8 Å². The Morgan fingerprint density at radius 1 is 1.24 bits per heavy atom. The van der Waals surface area contributed by atoms with E-state index in [-0.39, 0.29) is 12.3 Å². The van der Waals surface area contributed by atoms with Crippen LogP contribution in [0.4, 0.5) is 5.69 Å². The average molecular weight is 341 g/mol. The molecule has 0 bridgehead atoms. The molecule has 0 aliphatic rings. The highest BCUT2D eigenvalue weighted by Crippen LogP contribution is 2.24. The third kappa shape index (κ3) is 5.13. The van der Waals surface area contributed by atoms with Crippen LogP contribution in [0, 0.1) is 30.9 Å². The fourth-order valence-corrected chi connectivity index (χ4v) is 2.46. The lowest BCUT2D eigenvalue weighted by Gasteiger charge is -2.12. The molecular formula is C18H19N3O4. The second kappa shape index (κ2) is 8.05. The van der Waals surface area contributed by atoms with Crippen LogP contribution in [0.5, 0.6) is 5.75 Å². The Bertz CT molecular complexity index is 808. The highest BCUT2D eigenvalue weighted by Gasteiger charge is 2.08. The maximum atomic E-state index is 11.8. The van der Waals surface area contributed by atoms with Gasteiger partial charge >= 0.3 is 0 Å². The molecule has 2 rings (SSSR count). The van der Waals surface area contributed by atoms with E-state index in [2.05, 4.69) is 10.5 Å². The van der Waals surface area contributed by atoms with Gasteiger partial charge < -0.3 is 4.74 Å². The molecule has 7 heteroatoms. The lowest BCUT2D eigenvalue weighted by atomic mass is 10.1. The Labute approximate surface area is 145 Å². The van der Waals surface area contributed by atoms with Crippen molar-refractivity contribution in [2.45, 2.75) is 20.8 Å². The van der Waals surface area contributed by atoms with Crippen LogP contribution < -0.4 is 10.2 Å². The molecule has 7 nitrogen and oxygen atoms in total. The minimum Gasteiger partial charge on any atom is -0.483 e. The molecule has 2 aromatic carbocycles. The number of rotatable bonds is 6. The summed E-state index contributed by atoms with van der Waals surface area (Å²) in [7, 11) is 0. The van der Waals surface area contributed by atoms with Gasteiger partial charge in [-0.05, 0) is 31.9 Å². The summed E-state index contributed by atoms with van der Waals surface area (Å²) < 4.78 is 5.56. The van der Waals surface area contributed by atoms with Gasteiger partial charge in [-0.25, -0.2) is 5.43 Å². The molecule has 0 atom stereocenters. The topological polar surface area (TPSA) is 93.8 Å². The van der Waals surface area contributed by atoms with E-state index in [1.54, 1.807) is 12.1 Å². The first-order chi connectivity index (χ1) is 11.9. The monoisotopic (exact) mass is 341 g/mol. The van der Waals surface area contributed by atoms with Gasteiger partial charge in [0.2, 0.25) is 0 Å². The normalized spacial score (nSPS) is 10.7. The van der Waals surface area contributed by atoms with Gasteiger partial charge in [-0.15, -0.1) is 0 Å². The first-order valence-corrected chi connectivity index (χ1v) is 7.64. The van der Waals surface area contributed by atoms with Gasteiger partial charge in [0, 0.05) is 17.7 Å². The van der Waals surface area contributed by atoms with Crippen molar-refractivity contribution < 1.29 is 14.5 Å². The summed E-state index contributed by atoms with van der Waals surface area (Å²) in [5.41, 5.74) is 5.87. The van der Waals surface area contributed by atoms with Crippen molar-refractivity contribution in [2.24, 2.45) is 5.10 Å². The highest BCUT2D eigenvalue weighted by atomic mass is 16.6. The van der Waals surface area contributed by atoms with Crippen molar-refractivity contribution in [1.82, 2.24) is 5.43 Å². The van der Waals surface area contributed by atoms with Crippen LogP contribution in [0.2, 0.25) is 0 Å². The number of nitro groups is 1. The van der Waals surface area contributed by atoms with E-state index >= 15 is 0 Å². The zero-order valence-electron chi connectivity index (χ0n) is 14.3. The number of nitro benzene ring substituents is 1. The van der Waals surface area contributed by atoms with Crippen LogP contribution in [0.25, 0.3) is 0 Å². The largest absolute Gasteiger partial charge is 0.483 e. The van der Waals surface area contributed by atoms with E-state index in [4.69, 9.17) is 4.74 Å². The quantitative estimate of drug-likeness (QED) is 0.496. The number of non-ortho nitro benzene ring substituents is 1. The molecule has 0 aliphatic carbocycles. The molecule has 0 aromatic heterocycles. The minimum atomic E-state index is -0.490. The maximum Gasteiger partial charge on any atom is 0.277 e. The maximum absolute atomic E-state index is 11.8. The standard InChI is InChI=1S/C18H19N3O4/c1-12-7-13(2)18(14(3)8-12)25-11-17(22)20-19-10-15-5-4-6-16(9-15)21(23)24/h4-10H,11H2,1-3H3,(H,20,22)/b19-10-. The van der Waals surface area contributed by atoms with Gasteiger partial charge in [-0.2, -0.15) is 5.10 Å². The van der Waals surface area contributed by atoms with Crippen LogP contribution in [0.15, 0.2) is 41.5 Å². The predicted molar refractivity (Wildman–Crippen MR) is 95.0 cm³/mol. The fourth-order valence-electron chi connectivity index (χ4n) is 2.46. The Hall–Kier alpha value is -3.22. The van der Waals surface area contributed by atoms with Gasteiger partial charge in [0.15, 0.2) is 6.61 Å². The number of nitrogens with zero attached hydrogens (tertiary/aromatic N) is 2. The summed E-state index contributed by atoms with van der Waals surface area (Å²) in [5.74, 6) is 0.268. The summed E-state index contributed by atoms with van der Waals surface area (Å²) in [5, 5.41) is 14.5. The number of carbonyl (C=O) groups excluding carboxylic acids is 1. The Kier molecular flexibility index (Phi) is 5.84. The van der Waals surface area contributed by atoms with Crippen LogP contribution in [-0.4, -0.2) is 23.7 Å². The van der Waals surface area contributed by atoms with Gasteiger partial charge in [-0.1, -0.05) is 29.8 Å². The Morgan fingerprint density at radius 2 is 1.92 bits per heavy atom. The summed E-state index contributed by atoms with van der Waals surface area (Å²) in [6, 6.07) is 9.92. The molecular weight excluding hydrogens is 322 g/mol. The van der Waals surface area contributed by atoms with Gasteiger partial charge in [0.05, 0.1) is 11.1 Å². The van der Waals surface area contributed by atoms with Gasteiger partial charge in [0.25, 0.3) is 11.6 Å². The number of amides is 1. The summed E-state index contributed by atoms with van der Waals surface area (Å²) in [4.78, 5) is 22.0. The van der Waals surface area contributed by atoms with Crippen molar-refractivity contribution in [3.8, 4) is 5.75 Å². The molecule has 0 radical (unpaired) electrons. The van der Waals surface area contributed by atoms with E-state index in [1.165, 1.54) is 18.3 Å². The van der Waals surface area contributed by atoms with E-state index < -0.39 is 10.8 Å². The van der Waals surface area contributed by atoms with E-state index in [0.717, 1.165) is 16.7 Å². The van der Waals surface area contributed by atoms with Crippen LogP contribution in [-0.2, 0) is 4.79 Å². The number of aryl methyl sites for hydroxylation is 3. The summed E-state index contributed by atoms with van der Waals surface area (Å²) in [6.07, 6.45) is 1.34. The number of hydrazone groups is 1. The fraction of sp³-hybridized carbons (Fsp3) is 0.222. The molecule has 2 aromatic rings. The zero-order valence-corrected chi connectivity index (χ0v) is 14.3. The van der Waals surface area contributed by atoms with Crippen molar-refractivity contribution in [1.29, 1.82) is 0 Å². The third-order valence-corrected chi connectivity index (χ3v) is 3.44. The zero-order chi connectivity index (χ0) is 18.4. The second-order valence-electron chi connectivity index (χ2n) is 5.66. The van der Waals surface area contributed by atoms with Crippen LogP contribution in [0.3, 0.4) is 0 Å². The molecule has 25 heavy (non-hydrogen) atoms. The van der Waals surface area contributed by atoms with Crippen LogP contribution in [0.1, 0.15) is 22.3 Å². The molecule has 0 fully saturated rings. The smallest absolute Gasteiger partial charge is 0.277 e. The molecule has 0 unspecified atom stereocenters. The minimum absolute atomic E-state index is 0.0380. The van der Waals surface area contributed by atoms with Gasteiger partial charge in [0.1, 0.15) is 5.75 Å². The highest BCUT2D eigenvalue weighted by molar-refractivity contribution is 5.83. The third-order valence-electron chi connectivity index (χ3n) is 3.44. The Balaban J connectivity index is 1.91. The van der Waals surface area contributed by atoms with E-state index in [0.29, 0.717) is 11.3 Å². The predicted octanol–water partition coefficient (Wildman–Crippen LogP) is 3.05. The first-order valence-electron chi connectivity index (χ1n) is 7.64. The van der Waals surface area contributed by atoms with Crippen molar-refractivity contribution in [3.63, 3.8) is 0 Å². The number of carbonyl (C=O) groups is 1. The van der Waals surface area contributed by atoms with Crippen LogP contribution >= 0.6 is 0 Å². The lowest BCUT2D eigenvalue weighted by Crippen LogP contribution is -2.25. The summed E-state index contributed by atoms with van der Waals surface area (Å²) >= 11 is 0. The number of benzene rings is 2. The summed E-state index contributed by atoms with van der Waals surface area (Å²) in [6.45, 7) is 5.68. The van der Waals surface area contributed by atoms with E-state index in [1.807, 2.05) is 32.9 Å². The molecule has 0 saturated carbocycles. The Morgan fingerprint density at radius 3 is 2.56 bits per heavy atom. The first kappa shape index (κ1) is 18.1. The second-order valence-corrected chi connectivity index (χ2v) is 5.66. The molecule has 0 heterocycles. The average Bonchev–Trinajstić information content (AvgIpc) is 2.54. The SMILES string of the molecule is Cc1cc(C)c(OCC(=O)N/N=C\c2cccc([N+](=O)[O-])c2)c(C)c1. The van der Waals surface area contributed by atoms with E-state index in [9.17, 15) is 14.9 Å². The molecule has 1 amide bonds. The molecule has 0 aliphatic heterocycles.